The molecule has 0 radical (unpaired) electrons. The molecule has 0 amide bonds. The molecule has 0 aromatic carbocycles. The minimum absolute atomic E-state index is 0.201. The van der Waals surface area contributed by atoms with Crippen molar-refractivity contribution in [3.63, 3.8) is 0 Å². The van der Waals surface area contributed by atoms with Crippen LogP contribution < -0.4 is 11.3 Å². The number of nitrogens with one attached hydrogen (secondary N) is 1. The second-order valence-electron chi connectivity index (χ2n) is 6.24. The summed E-state index contributed by atoms with van der Waals surface area (Å²) < 4.78 is 11.9. The number of nitrogens with two attached hydrogens (primary N) is 1. The maximum absolute atomic E-state index is 6.00. The Morgan fingerprint density at radius 3 is 2.61 bits per heavy atom. The molecule has 18 heavy (non-hydrogen) atoms. The summed E-state index contributed by atoms with van der Waals surface area (Å²) in [5.74, 6) is 6.43. The van der Waals surface area contributed by atoms with Gasteiger partial charge in [0.25, 0.3) is 0 Å². The Morgan fingerprint density at radius 1 is 1.11 bits per heavy atom. The third kappa shape index (κ3) is 2.44. The van der Waals surface area contributed by atoms with Crippen LogP contribution in [0.1, 0.15) is 51.4 Å². The molecule has 3 fully saturated rings. The molecule has 1 saturated carbocycles. The van der Waals surface area contributed by atoms with E-state index in [9.17, 15) is 0 Å². The summed E-state index contributed by atoms with van der Waals surface area (Å²) in [6, 6.07) is 0.312. The Labute approximate surface area is 110 Å². The molecule has 1 aliphatic carbocycles. The van der Waals surface area contributed by atoms with Gasteiger partial charge in [-0.15, -0.1) is 0 Å². The lowest BCUT2D eigenvalue weighted by atomic mass is 9.69. The van der Waals surface area contributed by atoms with Gasteiger partial charge >= 0.3 is 0 Å². The van der Waals surface area contributed by atoms with Gasteiger partial charge in [-0.25, -0.2) is 0 Å². The Kier molecular flexibility index (Phi) is 3.89. The maximum atomic E-state index is 6.00. The fourth-order valence-electron chi connectivity index (χ4n) is 3.89. The quantitative estimate of drug-likeness (QED) is 0.595. The number of hydrogen-bond donors (Lipinski definition) is 2. The van der Waals surface area contributed by atoms with Gasteiger partial charge in [-0.2, -0.15) is 0 Å². The van der Waals surface area contributed by atoms with Crippen LogP contribution in [0.4, 0.5) is 0 Å². The van der Waals surface area contributed by atoms with Crippen molar-refractivity contribution in [3.05, 3.63) is 0 Å². The van der Waals surface area contributed by atoms with Gasteiger partial charge in [-0.1, -0.05) is 0 Å². The van der Waals surface area contributed by atoms with E-state index in [0.29, 0.717) is 18.1 Å². The van der Waals surface area contributed by atoms with E-state index in [1.807, 2.05) is 0 Å². The van der Waals surface area contributed by atoms with E-state index < -0.39 is 0 Å². The molecule has 4 heteroatoms. The highest BCUT2D eigenvalue weighted by Gasteiger charge is 2.45. The highest BCUT2D eigenvalue weighted by atomic mass is 16.5. The molecule has 3 N–H and O–H groups in total. The van der Waals surface area contributed by atoms with Crippen molar-refractivity contribution in [2.75, 3.05) is 13.2 Å². The summed E-state index contributed by atoms with van der Waals surface area (Å²) in [6.07, 6.45) is 10.0. The first-order valence-electron chi connectivity index (χ1n) is 7.55. The third-order valence-electron chi connectivity index (χ3n) is 5.11. The van der Waals surface area contributed by atoms with Crippen molar-refractivity contribution in [1.82, 2.24) is 5.43 Å². The fraction of sp³-hybridized carbons (Fsp3) is 1.00. The van der Waals surface area contributed by atoms with Crippen LogP contribution in [0, 0.1) is 5.92 Å². The second kappa shape index (κ2) is 5.45. The van der Waals surface area contributed by atoms with Crippen LogP contribution in [-0.4, -0.2) is 31.0 Å². The monoisotopic (exact) mass is 254 g/mol. The van der Waals surface area contributed by atoms with E-state index in [2.05, 4.69) is 5.43 Å². The summed E-state index contributed by atoms with van der Waals surface area (Å²) >= 11 is 0. The van der Waals surface area contributed by atoms with Crippen molar-refractivity contribution in [2.45, 2.75) is 69.1 Å². The molecule has 0 aromatic heterocycles. The van der Waals surface area contributed by atoms with E-state index >= 15 is 0 Å². The van der Waals surface area contributed by atoms with Crippen molar-refractivity contribution in [2.24, 2.45) is 11.8 Å². The van der Waals surface area contributed by atoms with Crippen LogP contribution in [0.2, 0.25) is 0 Å². The highest BCUT2D eigenvalue weighted by Crippen LogP contribution is 2.45. The van der Waals surface area contributed by atoms with Crippen LogP contribution in [0.25, 0.3) is 0 Å². The van der Waals surface area contributed by atoms with Gasteiger partial charge in [0.15, 0.2) is 0 Å². The van der Waals surface area contributed by atoms with Gasteiger partial charge in [0.1, 0.15) is 0 Å². The molecule has 2 heterocycles. The van der Waals surface area contributed by atoms with Crippen molar-refractivity contribution >= 4 is 0 Å². The average molecular weight is 254 g/mol. The SMILES string of the molecule is NNC(C1CCOC2(CCC2)C1)C1CCCCO1. The zero-order valence-electron chi connectivity index (χ0n) is 11.2. The molecule has 3 atom stereocenters. The Balaban J connectivity index is 1.63. The van der Waals surface area contributed by atoms with Gasteiger partial charge < -0.3 is 9.47 Å². The number of hydrogen-bond acceptors (Lipinski definition) is 4. The molecule has 2 saturated heterocycles. The minimum Gasteiger partial charge on any atom is -0.377 e. The molecule has 104 valence electrons. The zero-order chi connectivity index (χ0) is 12.4. The second-order valence-corrected chi connectivity index (χ2v) is 6.24. The smallest absolute Gasteiger partial charge is 0.0744 e. The van der Waals surface area contributed by atoms with E-state index in [1.54, 1.807) is 0 Å². The highest BCUT2D eigenvalue weighted by molar-refractivity contribution is 4.98. The molecule has 3 unspecified atom stereocenters. The minimum atomic E-state index is 0.201. The normalized spacial score (nSPS) is 37.2. The van der Waals surface area contributed by atoms with E-state index in [4.69, 9.17) is 15.3 Å². The molecule has 3 rings (SSSR count). The van der Waals surface area contributed by atoms with Gasteiger partial charge in [0.05, 0.1) is 17.7 Å². The summed E-state index contributed by atoms with van der Waals surface area (Å²) in [5, 5.41) is 0. The summed E-state index contributed by atoms with van der Waals surface area (Å²) in [7, 11) is 0. The predicted molar refractivity (Wildman–Crippen MR) is 70.0 cm³/mol. The zero-order valence-corrected chi connectivity index (χ0v) is 11.2. The average Bonchev–Trinajstić information content (AvgIpc) is 2.39. The molecule has 0 bridgehead atoms. The topological polar surface area (TPSA) is 56.5 Å². The largest absolute Gasteiger partial charge is 0.377 e. The molecule has 0 aromatic rings. The lowest BCUT2D eigenvalue weighted by Crippen LogP contribution is -2.56. The summed E-state index contributed by atoms with van der Waals surface area (Å²) in [5.41, 5.74) is 3.25. The van der Waals surface area contributed by atoms with Crippen LogP contribution in [0.15, 0.2) is 0 Å². The molecule has 4 nitrogen and oxygen atoms in total. The first kappa shape index (κ1) is 12.9. The fourth-order valence-corrected chi connectivity index (χ4v) is 3.89. The first-order valence-corrected chi connectivity index (χ1v) is 7.55. The van der Waals surface area contributed by atoms with Crippen LogP contribution in [0.3, 0.4) is 0 Å². The number of ether oxygens (including phenoxy) is 2. The third-order valence-corrected chi connectivity index (χ3v) is 5.11. The van der Waals surface area contributed by atoms with Crippen molar-refractivity contribution in [3.8, 4) is 0 Å². The predicted octanol–water partition coefficient (Wildman–Crippen LogP) is 1.74. The Morgan fingerprint density at radius 2 is 2.00 bits per heavy atom. The van der Waals surface area contributed by atoms with E-state index in [0.717, 1.165) is 26.1 Å². The van der Waals surface area contributed by atoms with Gasteiger partial charge in [-0.3, -0.25) is 11.3 Å². The van der Waals surface area contributed by atoms with Crippen molar-refractivity contribution < 1.29 is 9.47 Å². The van der Waals surface area contributed by atoms with Gasteiger partial charge in [0, 0.05) is 13.2 Å². The molecule has 2 aliphatic heterocycles. The van der Waals surface area contributed by atoms with Gasteiger partial charge in [-0.05, 0) is 57.3 Å². The molecule has 1 spiro atoms. The maximum Gasteiger partial charge on any atom is 0.0744 e. The Bertz CT molecular complexity index is 275. The lowest BCUT2D eigenvalue weighted by molar-refractivity contribution is -0.154. The van der Waals surface area contributed by atoms with E-state index in [1.165, 1.54) is 38.5 Å². The van der Waals surface area contributed by atoms with Crippen LogP contribution in [0.5, 0.6) is 0 Å². The molecule has 3 aliphatic rings. The molecular weight excluding hydrogens is 228 g/mol. The first-order chi connectivity index (χ1) is 8.83. The van der Waals surface area contributed by atoms with Gasteiger partial charge in [0.2, 0.25) is 0 Å². The van der Waals surface area contributed by atoms with Crippen molar-refractivity contribution in [1.29, 1.82) is 0 Å². The Hall–Kier alpha value is -0.160. The van der Waals surface area contributed by atoms with Crippen LogP contribution >= 0.6 is 0 Å². The van der Waals surface area contributed by atoms with Crippen LogP contribution in [-0.2, 0) is 9.47 Å². The standard InChI is InChI=1S/C14H26N2O2/c15-16-13(12-4-1-2-8-17-12)11-5-9-18-14(10-11)6-3-7-14/h11-13,16H,1-10,15H2. The lowest BCUT2D eigenvalue weighted by Gasteiger charge is -2.49. The van der Waals surface area contributed by atoms with E-state index in [-0.39, 0.29) is 5.60 Å². The number of hydrazine groups is 1. The summed E-state index contributed by atoms with van der Waals surface area (Å²) in [6.45, 7) is 1.80. The number of rotatable bonds is 3. The molecular formula is C14H26N2O2. The summed E-state index contributed by atoms with van der Waals surface area (Å²) in [4.78, 5) is 0.